The topological polar surface area (TPSA) is 41.6 Å². The highest BCUT2D eigenvalue weighted by Crippen LogP contribution is 2.24. The number of benzene rings is 1. The Morgan fingerprint density at radius 2 is 2.05 bits per heavy atom. The van der Waals surface area contributed by atoms with Crippen LogP contribution >= 0.6 is 15.9 Å². The first-order valence-electron chi connectivity index (χ1n) is 6.69. The molecule has 0 radical (unpaired) electrons. The van der Waals surface area contributed by atoms with Crippen LogP contribution in [-0.2, 0) is 11.3 Å². The number of alkyl halides is 2. The number of hydrogen-bond acceptors (Lipinski definition) is 3. The minimum Gasteiger partial charge on any atom is -0.434 e. The maximum Gasteiger partial charge on any atom is 0.387 e. The molecule has 0 heterocycles. The third-order valence-corrected chi connectivity index (χ3v) is 3.44. The second kappa shape index (κ2) is 8.94. The molecule has 1 rings (SSSR count). The normalized spacial score (nSPS) is 10.8. The van der Waals surface area contributed by atoms with E-state index in [1.807, 2.05) is 13.8 Å². The zero-order valence-corrected chi connectivity index (χ0v) is 13.6. The highest BCUT2D eigenvalue weighted by atomic mass is 79.9. The van der Waals surface area contributed by atoms with Crippen LogP contribution in [-0.4, -0.2) is 37.1 Å². The van der Waals surface area contributed by atoms with Crippen molar-refractivity contribution in [3.8, 4) is 5.75 Å². The summed E-state index contributed by atoms with van der Waals surface area (Å²) in [5.41, 5.74) is 0.567. The molecule has 0 aliphatic rings. The summed E-state index contributed by atoms with van der Waals surface area (Å²) in [6, 6.07) is 4.79. The van der Waals surface area contributed by atoms with E-state index in [-0.39, 0.29) is 24.7 Å². The monoisotopic (exact) mass is 364 g/mol. The number of nitrogens with one attached hydrogen (secondary N) is 1. The summed E-state index contributed by atoms with van der Waals surface area (Å²) < 4.78 is 29.9. The van der Waals surface area contributed by atoms with Gasteiger partial charge in [-0.3, -0.25) is 4.79 Å². The molecule has 0 unspecified atom stereocenters. The lowest BCUT2D eigenvalue weighted by atomic mass is 10.2. The lowest BCUT2D eigenvalue weighted by Gasteiger charge is -2.19. The fourth-order valence-electron chi connectivity index (χ4n) is 1.89. The first-order valence-corrected chi connectivity index (χ1v) is 7.48. The largest absolute Gasteiger partial charge is 0.434 e. The van der Waals surface area contributed by atoms with Gasteiger partial charge in [0.25, 0.3) is 0 Å². The summed E-state index contributed by atoms with van der Waals surface area (Å²) in [6.07, 6.45) is 0. The zero-order chi connectivity index (χ0) is 15.8. The number of rotatable bonds is 8. The van der Waals surface area contributed by atoms with Gasteiger partial charge in [0.1, 0.15) is 5.75 Å². The minimum atomic E-state index is -2.87. The Hall–Kier alpha value is -1.21. The molecule has 0 fully saturated rings. The van der Waals surface area contributed by atoms with Gasteiger partial charge < -0.3 is 15.0 Å². The lowest BCUT2D eigenvalue weighted by molar-refractivity contribution is -0.129. The molecule has 118 valence electrons. The maximum atomic E-state index is 12.3. The predicted molar refractivity (Wildman–Crippen MR) is 80.4 cm³/mol. The average Bonchev–Trinajstić information content (AvgIpc) is 2.42. The van der Waals surface area contributed by atoms with Crippen LogP contribution in [0, 0.1) is 0 Å². The molecule has 0 saturated heterocycles. The van der Waals surface area contributed by atoms with Crippen molar-refractivity contribution in [2.45, 2.75) is 27.0 Å². The molecule has 7 heteroatoms. The Bertz CT molecular complexity index is 468. The van der Waals surface area contributed by atoms with E-state index in [2.05, 4.69) is 26.0 Å². The van der Waals surface area contributed by atoms with E-state index in [4.69, 9.17) is 0 Å². The molecule has 0 bridgehead atoms. The van der Waals surface area contributed by atoms with Crippen molar-refractivity contribution in [1.82, 2.24) is 10.2 Å². The summed E-state index contributed by atoms with van der Waals surface area (Å²) in [5.74, 6) is 0.0855. The van der Waals surface area contributed by atoms with Gasteiger partial charge >= 0.3 is 6.61 Å². The maximum absolute atomic E-state index is 12.3. The van der Waals surface area contributed by atoms with E-state index in [1.165, 1.54) is 6.07 Å². The third-order valence-electron chi connectivity index (χ3n) is 2.95. The molecule has 0 saturated carbocycles. The van der Waals surface area contributed by atoms with E-state index in [9.17, 15) is 13.6 Å². The van der Waals surface area contributed by atoms with Gasteiger partial charge in [-0.05, 0) is 32.0 Å². The molecule has 0 spiro atoms. The molecule has 0 aliphatic carbocycles. The van der Waals surface area contributed by atoms with E-state index in [0.29, 0.717) is 18.7 Å². The first kappa shape index (κ1) is 17.8. The minimum absolute atomic E-state index is 0.0219. The fourth-order valence-corrected chi connectivity index (χ4v) is 2.30. The van der Waals surface area contributed by atoms with E-state index < -0.39 is 6.61 Å². The third kappa shape index (κ3) is 5.97. The Balaban J connectivity index is 2.62. The van der Waals surface area contributed by atoms with Crippen molar-refractivity contribution >= 4 is 21.8 Å². The molecule has 0 aromatic heterocycles. The predicted octanol–water partition coefficient (Wildman–Crippen LogP) is 3.01. The standard InChI is InChI=1S/C14H19BrF2N2O2/c1-3-19(4-2)13(20)9-18-8-10-7-11(15)5-6-12(10)21-14(16)17/h5-7,14,18H,3-4,8-9H2,1-2H3. The number of likely N-dealkylation sites (N-methyl/N-ethyl adjacent to an activating group) is 1. The van der Waals surface area contributed by atoms with Gasteiger partial charge in [0.2, 0.25) is 5.91 Å². The number of halogens is 3. The molecular formula is C14H19BrF2N2O2. The van der Waals surface area contributed by atoms with Crippen LogP contribution in [0.15, 0.2) is 22.7 Å². The molecule has 0 aliphatic heterocycles. The SMILES string of the molecule is CCN(CC)C(=O)CNCc1cc(Br)ccc1OC(F)F. The molecule has 21 heavy (non-hydrogen) atoms. The van der Waals surface area contributed by atoms with Gasteiger partial charge in [0.15, 0.2) is 0 Å². The van der Waals surface area contributed by atoms with Gasteiger partial charge in [-0.1, -0.05) is 15.9 Å². The van der Waals surface area contributed by atoms with E-state index >= 15 is 0 Å². The molecule has 1 aromatic carbocycles. The van der Waals surface area contributed by atoms with Gasteiger partial charge in [-0.25, -0.2) is 0 Å². The van der Waals surface area contributed by atoms with Crippen LogP contribution in [0.2, 0.25) is 0 Å². The number of carbonyl (C=O) groups excluding carboxylic acids is 1. The molecule has 1 amide bonds. The van der Waals surface area contributed by atoms with Crippen LogP contribution in [0.5, 0.6) is 5.75 Å². The van der Waals surface area contributed by atoms with Crippen molar-refractivity contribution in [3.63, 3.8) is 0 Å². The summed E-state index contributed by atoms with van der Waals surface area (Å²) in [5, 5.41) is 2.95. The van der Waals surface area contributed by atoms with Crippen LogP contribution < -0.4 is 10.1 Å². The number of ether oxygens (including phenoxy) is 1. The van der Waals surface area contributed by atoms with Crippen molar-refractivity contribution in [3.05, 3.63) is 28.2 Å². The zero-order valence-electron chi connectivity index (χ0n) is 12.0. The van der Waals surface area contributed by atoms with Crippen molar-refractivity contribution in [2.75, 3.05) is 19.6 Å². The van der Waals surface area contributed by atoms with Crippen molar-refractivity contribution < 1.29 is 18.3 Å². The second-order valence-electron chi connectivity index (χ2n) is 4.30. The molecule has 1 N–H and O–H groups in total. The highest BCUT2D eigenvalue weighted by Gasteiger charge is 2.12. The summed E-state index contributed by atoms with van der Waals surface area (Å²) in [6.45, 7) is 2.66. The van der Waals surface area contributed by atoms with Gasteiger partial charge in [-0.15, -0.1) is 0 Å². The first-order chi connectivity index (χ1) is 9.97. The summed E-state index contributed by atoms with van der Waals surface area (Å²) in [7, 11) is 0. The quantitative estimate of drug-likeness (QED) is 0.770. The fraction of sp³-hybridized carbons (Fsp3) is 0.500. The Kier molecular flexibility index (Phi) is 7.60. The van der Waals surface area contributed by atoms with Crippen LogP contribution in [0.3, 0.4) is 0 Å². The number of amides is 1. The van der Waals surface area contributed by atoms with Gasteiger partial charge in [0.05, 0.1) is 6.54 Å². The van der Waals surface area contributed by atoms with Gasteiger partial charge in [0, 0.05) is 29.7 Å². The molecule has 4 nitrogen and oxygen atoms in total. The Morgan fingerprint density at radius 1 is 1.38 bits per heavy atom. The average molecular weight is 365 g/mol. The Morgan fingerprint density at radius 3 is 2.62 bits per heavy atom. The summed E-state index contributed by atoms with van der Waals surface area (Å²) in [4.78, 5) is 13.5. The smallest absolute Gasteiger partial charge is 0.387 e. The summed E-state index contributed by atoms with van der Waals surface area (Å²) >= 11 is 3.28. The molecular weight excluding hydrogens is 346 g/mol. The van der Waals surface area contributed by atoms with Crippen LogP contribution in [0.1, 0.15) is 19.4 Å². The van der Waals surface area contributed by atoms with Crippen molar-refractivity contribution in [2.24, 2.45) is 0 Å². The van der Waals surface area contributed by atoms with Gasteiger partial charge in [-0.2, -0.15) is 8.78 Å². The van der Waals surface area contributed by atoms with Crippen LogP contribution in [0.4, 0.5) is 8.78 Å². The lowest BCUT2D eigenvalue weighted by Crippen LogP contribution is -2.37. The van der Waals surface area contributed by atoms with Crippen molar-refractivity contribution in [1.29, 1.82) is 0 Å². The number of nitrogens with zero attached hydrogens (tertiary/aromatic N) is 1. The van der Waals surface area contributed by atoms with E-state index in [1.54, 1.807) is 17.0 Å². The number of hydrogen-bond donors (Lipinski definition) is 1. The van der Waals surface area contributed by atoms with E-state index in [0.717, 1.165) is 4.47 Å². The highest BCUT2D eigenvalue weighted by molar-refractivity contribution is 9.10. The Labute approximate surface area is 131 Å². The molecule has 1 aromatic rings. The van der Waals surface area contributed by atoms with Crippen LogP contribution in [0.25, 0.3) is 0 Å². The molecule has 0 atom stereocenters. The second-order valence-corrected chi connectivity index (χ2v) is 5.22. The number of carbonyl (C=O) groups is 1.